The second-order valence-corrected chi connectivity index (χ2v) is 8.89. The summed E-state index contributed by atoms with van der Waals surface area (Å²) in [7, 11) is 0. The van der Waals surface area contributed by atoms with Crippen LogP contribution in [0.4, 0.5) is 0 Å². The lowest BCUT2D eigenvalue weighted by Gasteiger charge is -2.20. The van der Waals surface area contributed by atoms with E-state index in [1.807, 2.05) is 60.7 Å². The third-order valence-electron chi connectivity index (χ3n) is 6.29. The van der Waals surface area contributed by atoms with Crippen molar-refractivity contribution in [3.63, 3.8) is 0 Å². The largest absolute Gasteiger partial charge is 0.456 e. The van der Waals surface area contributed by atoms with Crippen LogP contribution in [0.1, 0.15) is 23.6 Å². The highest BCUT2D eigenvalue weighted by Crippen LogP contribution is 2.37. The Hall–Kier alpha value is -4.69. The van der Waals surface area contributed by atoms with Crippen molar-refractivity contribution in [1.29, 1.82) is 0 Å². The van der Waals surface area contributed by atoms with E-state index in [1.54, 1.807) is 0 Å². The van der Waals surface area contributed by atoms with Crippen LogP contribution in [0.15, 0.2) is 137 Å². The van der Waals surface area contributed by atoms with Gasteiger partial charge in [-0.2, -0.15) is 0 Å². The Labute approximate surface area is 211 Å². The average molecular weight is 466 g/mol. The Bertz CT molecular complexity index is 1640. The molecule has 36 heavy (non-hydrogen) atoms. The van der Waals surface area contributed by atoms with Crippen LogP contribution in [0, 0.1) is 0 Å². The van der Waals surface area contributed by atoms with Gasteiger partial charge in [0.2, 0.25) is 0 Å². The molecular formula is C34H25O2+. The fourth-order valence-corrected chi connectivity index (χ4v) is 4.58. The van der Waals surface area contributed by atoms with Crippen LogP contribution in [-0.4, -0.2) is 0 Å². The molecule has 4 aromatic carbocycles. The Morgan fingerprint density at radius 3 is 2.19 bits per heavy atom. The summed E-state index contributed by atoms with van der Waals surface area (Å²) in [6.45, 7) is 2.14. The fraction of sp³-hybridized carbons (Fsp3) is 0.0294. The highest BCUT2D eigenvalue weighted by molar-refractivity contribution is 5.92. The van der Waals surface area contributed by atoms with Gasteiger partial charge >= 0.3 is 11.3 Å². The van der Waals surface area contributed by atoms with E-state index >= 15 is 0 Å². The molecule has 0 amide bonds. The molecule has 6 rings (SSSR count). The molecule has 0 fully saturated rings. The van der Waals surface area contributed by atoms with Crippen molar-refractivity contribution in [3.05, 3.63) is 150 Å². The number of para-hydroxylation sites is 2. The van der Waals surface area contributed by atoms with Crippen molar-refractivity contribution < 1.29 is 9.15 Å². The summed E-state index contributed by atoms with van der Waals surface area (Å²) in [5.41, 5.74) is 7.46. The first-order valence-corrected chi connectivity index (χ1v) is 12.1. The van der Waals surface area contributed by atoms with E-state index in [-0.39, 0.29) is 0 Å². The molecule has 0 bridgehead atoms. The third-order valence-corrected chi connectivity index (χ3v) is 6.29. The molecule has 0 aliphatic carbocycles. The van der Waals surface area contributed by atoms with Crippen LogP contribution >= 0.6 is 0 Å². The quantitative estimate of drug-likeness (QED) is 0.247. The Kier molecular flexibility index (Phi) is 5.77. The predicted octanol–water partition coefficient (Wildman–Crippen LogP) is 9.30. The predicted molar refractivity (Wildman–Crippen MR) is 149 cm³/mol. The molecule has 5 aromatic rings. The molecule has 0 spiro atoms. The molecule has 0 radical (unpaired) electrons. The Balaban J connectivity index is 1.47. The molecule has 2 nitrogen and oxygen atoms in total. The smallest absolute Gasteiger partial charge is 0.361 e. The third kappa shape index (κ3) is 4.37. The first kappa shape index (κ1) is 21.8. The van der Waals surface area contributed by atoms with Gasteiger partial charge in [0, 0.05) is 22.8 Å². The first-order valence-electron chi connectivity index (χ1n) is 12.1. The van der Waals surface area contributed by atoms with Crippen molar-refractivity contribution >= 4 is 28.4 Å². The minimum Gasteiger partial charge on any atom is -0.456 e. The average Bonchev–Trinajstić information content (AvgIpc) is 2.94. The molecule has 0 saturated carbocycles. The van der Waals surface area contributed by atoms with Gasteiger partial charge in [-0.15, -0.1) is 0 Å². The summed E-state index contributed by atoms with van der Waals surface area (Å²) in [6, 6.07) is 39.0. The van der Waals surface area contributed by atoms with E-state index in [4.69, 9.17) is 9.15 Å². The molecule has 2 heterocycles. The van der Waals surface area contributed by atoms with Gasteiger partial charge in [-0.1, -0.05) is 91.0 Å². The maximum atomic E-state index is 6.26. The van der Waals surface area contributed by atoms with Gasteiger partial charge in [0.1, 0.15) is 11.5 Å². The number of rotatable bonds is 4. The van der Waals surface area contributed by atoms with Crippen LogP contribution in [-0.2, 0) is 0 Å². The number of hydrogen-bond acceptors (Lipinski definition) is 1. The fourth-order valence-electron chi connectivity index (χ4n) is 4.58. The van der Waals surface area contributed by atoms with Crippen molar-refractivity contribution in [1.82, 2.24) is 0 Å². The van der Waals surface area contributed by atoms with E-state index in [0.29, 0.717) is 0 Å². The zero-order valence-corrected chi connectivity index (χ0v) is 20.0. The summed E-state index contributed by atoms with van der Waals surface area (Å²) < 4.78 is 12.5. The standard InChI is InChI=1S/C34H25O2/c1-24(20-27-22-33(25-12-4-2-5-13-25)35-31-18-10-8-16-29(27)31)21-28-23-34(26-14-6-3-7-15-26)36-32-19-11-9-17-30(28)32/h2-23H,1H3/q+1. The zero-order chi connectivity index (χ0) is 24.3. The highest BCUT2D eigenvalue weighted by Gasteiger charge is 2.19. The molecule has 0 atom stereocenters. The first-order chi connectivity index (χ1) is 17.7. The van der Waals surface area contributed by atoms with Gasteiger partial charge in [-0.3, -0.25) is 0 Å². The summed E-state index contributed by atoms with van der Waals surface area (Å²) in [5, 5.41) is 1.09. The normalized spacial score (nSPS) is 14.3. The molecule has 1 aliphatic heterocycles. The maximum Gasteiger partial charge on any atom is 0.361 e. The van der Waals surface area contributed by atoms with Crippen LogP contribution in [0.2, 0.25) is 0 Å². The van der Waals surface area contributed by atoms with Gasteiger partial charge in [-0.25, -0.2) is 4.42 Å². The Morgan fingerprint density at radius 2 is 1.39 bits per heavy atom. The number of fused-ring (bicyclic) bond motifs is 2. The minimum absolute atomic E-state index is 0.851. The summed E-state index contributed by atoms with van der Waals surface area (Å²) >= 11 is 0. The molecule has 172 valence electrons. The maximum absolute atomic E-state index is 6.26. The lowest BCUT2D eigenvalue weighted by Crippen LogP contribution is -2.03. The van der Waals surface area contributed by atoms with Crippen molar-refractivity contribution in [3.8, 4) is 17.1 Å². The molecule has 0 unspecified atom stereocenters. The number of benzene rings is 4. The van der Waals surface area contributed by atoms with Gasteiger partial charge < -0.3 is 4.74 Å². The van der Waals surface area contributed by atoms with Crippen LogP contribution in [0.5, 0.6) is 5.75 Å². The second kappa shape index (κ2) is 9.52. The lowest BCUT2D eigenvalue weighted by molar-refractivity contribution is 0.509. The highest BCUT2D eigenvalue weighted by atomic mass is 16.5. The monoisotopic (exact) mass is 465 g/mol. The second-order valence-electron chi connectivity index (χ2n) is 8.89. The van der Waals surface area contributed by atoms with E-state index in [2.05, 4.69) is 79.7 Å². The van der Waals surface area contributed by atoms with Crippen LogP contribution in [0.25, 0.3) is 39.7 Å². The van der Waals surface area contributed by atoms with E-state index < -0.39 is 0 Å². The molecule has 1 aliphatic rings. The molecule has 1 aromatic heterocycles. The number of hydrogen-bond donors (Lipinski definition) is 0. The molecule has 0 N–H and O–H groups in total. The molecular weight excluding hydrogens is 440 g/mol. The van der Waals surface area contributed by atoms with Crippen LogP contribution in [0.3, 0.4) is 0 Å². The topological polar surface area (TPSA) is 20.5 Å². The van der Waals surface area contributed by atoms with Crippen molar-refractivity contribution in [2.75, 3.05) is 0 Å². The molecule has 0 saturated heterocycles. The summed E-state index contributed by atoms with van der Waals surface area (Å²) in [4.78, 5) is 0. The lowest BCUT2D eigenvalue weighted by atomic mass is 9.97. The summed E-state index contributed by atoms with van der Waals surface area (Å²) in [6.07, 6.45) is 6.58. The van der Waals surface area contributed by atoms with Crippen molar-refractivity contribution in [2.45, 2.75) is 6.92 Å². The molecule has 2 heteroatoms. The van der Waals surface area contributed by atoms with Gasteiger partial charge in [0.15, 0.2) is 0 Å². The van der Waals surface area contributed by atoms with Gasteiger partial charge in [0.05, 0.1) is 17.0 Å². The van der Waals surface area contributed by atoms with Crippen molar-refractivity contribution in [2.24, 2.45) is 0 Å². The van der Waals surface area contributed by atoms with E-state index in [9.17, 15) is 0 Å². The number of ether oxygens (including phenoxy) is 1. The summed E-state index contributed by atoms with van der Waals surface area (Å²) in [5.74, 6) is 2.57. The van der Waals surface area contributed by atoms with Crippen LogP contribution < -0.4 is 4.74 Å². The van der Waals surface area contributed by atoms with E-state index in [0.717, 1.165) is 61.6 Å². The number of allylic oxidation sites excluding steroid dienone is 4. The minimum atomic E-state index is 0.851. The van der Waals surface area contributed by atoms with Gasteiger partial charge in [0.25, 0.3) is 0 Å². The Morgan fingerprint density at radius 1 is 0.722 bits per heavy atom. The zero-order valence-electron chi connectivity index (χ0n) is 20.0. The SMILES string of the molecule is CC(=C\c1cc(-c2ccccc2)[o+]c2ccccc12)/C=C1\C=C(c2ccccc2)Oc2ccccc21. The van der Waals surface area contributed by atoms with Gasteiger partial charge in [-0.05, 0) is 48.4 Å². The van der Waals surface area contributed by atoms with E-state index in [1.165, 1.54) is 0 Å².